The molecule has 0 aliphatic carbocycles. The molecular formula is C35H54N2O18Si2. The lowest BCUT2D eigenvalue weighted by atomic mass is 9.97. The molecule has 22 heteroatoms. The zero-order valence-corrected chi connectivity index (χ0v) is 35.0. The second-order valence-corrected chi connectivity index (χ2v) is 18.9. The van der Waals surface area contributed by atoms with Crippen LogP contribution in [-0.2, 0) is 66.4 Å². The highest BCUT2D eigenvalue weighted by Crippen LogP contribution is 2.29. The average molecular weight is 847 g/mol. The number of hydrogen-bond donors (Lipinski definition) is 6. The van der Waals surface area contributed by atoms with E-state index in [4.69, 9.17) is 36.0 Å². The first-order valence-corrected chi connectivity index (χ1v) is 21.4. The van der Waals surface area contributed by atoms with Crippen LogP contribution in [0.5, 0.6) is 11.5 Å². The Kier molecular flexibility index (Phi) is 21.8. The number of nitrogens with one attached hydrogen (secondary N) is 2. The molecule has 1 aromatic carbocycles. The van der Waals surface area contributed by atoms with Gasteiger partial charge >= 0.3 is 47.6 Å². The van der Waals surface area contributed by atoms with Crippen molar-refractivity contribution in [2.24, 2.45) is 5.92 Å². The summed E-state index contributed by atoms with van der Waals surface area (Å²) in [6.45, 7) is 9.01. The van der Waals surface area contributed by atoms with Crippen LogP contribution in [0.4, 0.5) is 4.79 Å². The minimum atomic E-state index is -3.64. The monoisotopic (exact) mass is 846 g/mol. The van der Waals surface area contributed by atoms with Crippen molar-refractivity contribution in [2.75, 3.05) is 48.2 Å². The third-order valence-electron chi connectivity index (χ3n) is 8.18. The molecule has 2 unspecified atom stereocenters. The molecule has 0 saturated heterocycles. The quantitative estimate of drug-likeness (QED) is 0.0176. The van der Waals surface area contributed by atoms with E-state index in [1.807, 2.05) is 0 Å². The Bertz CT molecular complexity index is 1540. The van der Waals surface area contributed by atoms with Gasteiger partial charge in [0.25, 0.3) is 0 Å². The number of carboxylic acids is 2. The van der Waals surface area contributed by atoms with Gasteiger partial charge in [0.2, 0.25) is 5.91 Å². The summed E-state index contributed by atoms with van der Waals surface area (Å²) in [5.41, 5.74) is 0.521. The smallest absolute Gasteiger partial charge is 0.493 e. The van der Waals surface area contributed by atoms with Crippen LogP contribution in [0.2, 0.25) is 12.1 Å². The molecule has 0 heterocycles. The van der Waals surface area contributed by atoms with Gasteiger partial charge in [-0.25, -0.2) is 19.2 Å². The number of aliphatic carboxylic acids is 2. The third kappa shape index (κ3) is 17.9. The van der Waals surface area contributed by atoms with E-state index >= 15 is 0 Å². The molecule has 0 aliphatic rings. The van der Waals surface area contributed by atoms with Gasteiger partial charge in [0.05, 0.1) is 6.42 Å². The summed E-state index contributed by atoms with van der Waals surface area (Å²) in [5.74, 6) is -7.03. The molecule has 0 radical (unpaired) electrons. The lowest BCUT2D eigenvalue weighted by Gasteiger charge is -2.36. The highest BCUT2D eigenvalue weighted by Gasteiger charge is 2.51. The zero-order valence-electron chi connectivity index (χ0n) is 33.0. The summed E-state index contributed by atoms with van der Waals surface area (Å²) in [7, 11) is -1.83. The number of aromatic hydroxyl groups is 2. The number of alkyl carbamates (subject to hydrolysis) is 1. The lowest BCUT2D eigenvalue weighted by molar-refractivity contribution is -0.148. The number of phenols is 2. The topological polar surface area (TPSA) is 281 Å². The fourth-order valence-electron chi connectivity index (χ4n) is 4.99. The molecule has 0 aliphatic heterocycles. The summed E-state index contributed by atoms with van der Waals surface area (Å²) < 4.78 is 44.5. The molecule has 320 valence electrons. The number of amides is 2. The summed E-state index contributed by atoms with van der Waals surface area (Å²) in [4.78, 5) is 73.2. The molecule has 0 saturated carbocycles. The number of rotatable bonds is 28. The van der Waals surface area contributed by atoms with Crippen LogP contribution < -0.4 is 10.6 Å². The molecule has 2 atom stereocenters. The maximum absolute atomic E-state index is 13.2. The highest BCUT2D eigenvalue weighted by molar-refractivity contribution is 6.75. The SMILES string of the molecule is C=C(C)C(=O)OCC(COC(=O)C(=C)C)OC(=O)NCCC[Si](OC)(OC)O[Si](CCCC(CC(=O)O)C(=O)NC(Cc1ccc(O)c(O)c1)C(=O)O)(OC)OC. The van der Waals surface area contributed by atoms with Crippen LogP contribution in [0.15, 0.2) is 42.5 Å². The van der Waals surface area contributed by atoms with Gasteiger partial charge in [-0.15, -0.1) is 0 Å². The summed E-state index contributed by atoms with van der Waals surface area (Å²) >= 11 is 0. The van der Waals surface area contributed by atoms with Crippen molar-refractivity contribution in [3.63, 3.8) is 0 Å². The van der Waals surface area contributed by atoms with Crippen molar-refractivity contribution < 1.29 is 85.2 Å². The maximum atomic E-state index is 13.2. The Morgan fingerprint density at radius 1 is 0.789 bits per heavy atom. The van der Waals surface area contributed by atoms with Crippen molar-refractivity contribution in [1.29, 1.82) is 0 Å². The molecule has 0 bridgehead atoms. The minimum absolute atomic E-state index is 0.0270. The molecule has 20 nitrogen and oxygen atoms in total. The number of ether oxygens (including phenoxy) is 3. The van der Waals surface area contributed by atoms with Crippen LogP contribution in [0, 0.1) is 5.92 Å². The van der Waals surface area contributed by atoms with Crippen LogP contribution >= 0.6 is 0 Å². The van der Waals surface area contributed by atoms with Crippen LogP contribution in [0.25, 0.3) is 0 Å². The molecule has 6 N–H and O–H groups in total. The Morgan fingerprint density at radius 2 is 1.32 bits per heavy atom. The lowest BCUT2D eigenvalue weighted by Crippen LogP contribution is -2.57. The second-order valence-electron chi connectivity index (χ2n) is 12.7. The predicted molar refractivity (Wildman–Crippen MR) is 203 cm³/mol. The summed E-state index contributed by atoms with van der Waals surface area (Å²) in [5, 5.41) is 43.5. The standard InChI is InChI=1S/C35H54N2O18Si2/c1-22(2)33(45)52-20-26(21-53-34(46)23(3)4)54-35(47)36-14-10-16-57(50-7,51-8)55-56(48-5,49-6)15-9-11-25(19-30(40)41)31(42)37-27(32(43)44)17-24-12-13-28(38)29(39)18-24/h12-13,18,25-27,38-39H,1,3,9-11,14-17,19-21H2,2,4-8H3,(H,36,47)(H,37,42)(H,40,41)(H,43,44). The van der Waals surface area contributed by atoms with E-state index in [0.29, 0.717) is 5.56 Å². The van der Waals surface area contributed by atoms with Crippen LogP contribution in [0.1, 0.15) is 45.1 Å². The molecule has 1 aromatic rings. The molecule has 1 rings (SSSR count). The van der Waals surface area contributed by atoms with Crippen LogP contribution in [-0.4, -0.2) is 134 Å². The highest BCUT2D eigenvalue weighted by atomic mass is 28.5. The number of benzene rings is 1. The number of phenolic OH excluding ortho intramolecular Hbond substituents is 2. The van der Waals surface area contributed by atoms with Gasteiger partial charge in [0, 0.05) is 70.6 Å². The number of carboxylic acid groups (broad SMARTS) is 2. The Hall–Kier alpha value is -4.85. The number of carbonyl (C=O) groups is 6. The van der Waals surface area contributed by atoms with E-state index < -0.39 is 103 Å². The maximum Gasteiger partial charge on any atom is 0.493 e. The Balaban J connectivity index is 2.93. The van der Waals surface area contributed by atoms with Crippen molar-refractivity contribution in [1.82, 2.24) is 10.6 Å². The molecule has 0 aromatic heterocycles. The number of hydrogen-bond acceptors (Lipinski definition) is 16. The van der Waals surface area contributed by atoms with E-state index in [-0.39, 0.29) is 55.5 Å². The fourth-order valence-corrected chi connectivity index (χ4v) is 11.4. The van der Waals surface area contributed by atoms with Gasteiger partial charge in [-0.3, -0.25) is 9.59 Å². The van der Waals surface area contributed by atoms with Crippen LogP contribution in [0.3, 0.4) is 0 Å². The van der Waals surface area contributed by atoms with E-state index in [9.17, 15) is 49.2 Å². The molecule has 0 fully saturated rings. The predicted octanol–water partition coefficient (Wildman–Crippen LogP) is 2.28. The molecular weight excluding hydrogens is 793 g/mol. The van der Waals surface area contributed by atoms with Crippen molar-refractivity contribution in [2.45, 2.75) is 70.2 Å². The fraction of sp³-hybridized carbons (Fsp3) is 0.543. The first kappa shape index (κ1) is 50.2. The molecule has 2 amide bonds. The van der Waals surface area contributed by atoms with Gasteiger partial charge in [0.15, 0.2) is 17.6 Å². The third-order valence-corrected chi connectivity index (χ3v) is 15.1. The van der Waals surface area contributed by atoms with E-state index in [0.717, 1.165) is 6.07 Å². The van der Waals surface area contributed by atoms with Gasteiger partial charge in [0.1, 0.15) is 19.3 Å². The largest absolute Gasteiger partial charge is 0.504 e. The zero-order chi connectivity index (χ0) is 43.3. The van der Waals surface area contributed by atoms with Crippen molar-refractivity contribution >= 4 is 53.5 Å². The normalized spacial score (nSPS) is 12.5. The first-order valence-electron chi connectivity index (χ1n) is 17.5. The Labute approximate surface area is 332 Å². The average Bonchev–Trinajstić information content (AvgIpc) is 3.16. The number of esters is 2. The Morgan fingerprint density at radius 3 is 1.77 bits per heavy atom. The van der Waals surface area contributed by atoms with E-state index in [1.165, 1.54) is 54.4 Å². The molecule has 0 spiro atoms. The van der Waals surface area contributed by atoms with E-state index in [2.05, 4.69) is 23.8 Å². The van der Waals surface area contributed by atoms with Gasteiger partial charge in [-0.05, 0) is 50.8 Å². The van der Waals surface area contributed by atoms with Gasteiger partial charge in [-0.2, -0.15) is 0 Å². The van der Waals surface area contributed by atoms with Gasteiger partial charge < -0.3 is 67.1 Å². The van der Waals surface area contributed by atoms with Crippen molar-refractivity contribution in [3.05, 3.63) is 48.1 Å². The number of carbonyl (C=O) groups excluding carboxylic acids is 4. The van der Waals surface area contributed by atoms with E-state index in [1.54, 1.807) is 0 Å². The first-order chi connectivity index (χ1) is 26.8. The van der Waals surface area contributed by atoms with Gasteiger partial charge in [-0.1, -0.05) is 19.2 Å². The minimum Gasteiger partial charge on any atom is -0.504 e. The second kappa shape index (κ2) is 24.7. The summed E-state index contributed by atoms with van der Waals surface area (Å²) in [6.07, 6.45) is -2.60. The van der Waals surface area contributed by atoms with Crippen molar-refractivity contribution in [3.8, 4) is 11.5 Å². The summed E-state index contributed by atoms with van der Waals surface area (Å²) in [6, 6.07) is 2.42. The molecule has 57 heavy (non-hydrogen) atoms.